The van der Waals surface area contributed by atoms with Crippen LogP contribution in [-0.2, 0) is 4.79 Å². The molecule has 0 spiro atoms. The van der Waals surface area contributed by atoms with Crippen molar-refractivity contribution in [3.05, 3.63) is 54.4 Å². The van der Waals surface area contributed by atoms with E-state index in [4.69, 9.17) is 5.73 Å². The van der Waals surface area contributed by atoms with Crippen molar-refractivity contribution >= 4 is 5.91 Å². The van der Waals surface area contributed by atoms with Crippen LogP contribution in [0.1, 0.15) is 32.4 Å². The number of pyridine rings is 1. The smallest absolute Gasteiger partial charge is 0.224 e. The van der Waals surface area contributed by atoms with Crippen molar-refractivity contribution in [2.75, 3.05) is 0 Å². The molecule has 0 fully saturated rings. The molecule has 0 radical (unpaired) electrons. The fraction of sp³-hybridized carbons (Fsp3) is 0.333. The summed E-state index contributed by atoms with van der Waals surface area (Å²) < 4.78 is 0. The van der Waals surface area contributed by atoms with Gasteiger partial charge < -0.3 is 11.1 Å². The van der Waals surface area contributed by atoms with Crippen LogP contribution in [0.4, 0.5) is 0 Å². The molecule has 116 valence electrons. The van der Waals surface area contributed by atoms with Crippen LogP contribution in [-0.4, -0.2) is 16.9 Å². The third-order valence-electron chi connectivity index (χ3n) is 3.97. The highest BCUT2D eigenvalue weighted by molar-refractivity contribution is 5.79. The first-order chi connectivity index (χ1) is 10.5. The summed E-state index contributed by atoms with van der Waals surface area (Å²) >= 11 is 0. The molecule has 0 saturated heterocycles. The van der Waals surface area contributed by atoms with Gasteiger partial charge in [0.05, 0.1) is 6.04 Å². The summed E-state index contributed by atoms with van der Waals surface area (Å²) in [5.41, 5.74) is 9.03. The lowest BCUT2D eigenvalue weighted by molar-refractivity contribution is -0.125. The van der Waals surface area contributed by atoms with Gasteiger partial charge in [-0.2, -0.15) is 0 Å². The van der Waals surface area contributed by atoms with Gasteiger partial charge in [-0.25, -0.2) is 0 Å². The number of rotatable bonds is 5. The number of nitrogens with one attached hydrogen (secondary N) is 1. The SMILES string of the molecule is CC(NC(=O)C(C)C(C)N)c1ccc(-c2cccnc2)cc1. The third-order valence-corrected chi connectivity index (χ3v) is 3.97. The van der Waals surface area contributed by atoms with Crippen molar-refractivity contribution in [1.82, 2.24) is 10.3 Å². The maximum atomic E-state index is 12.1. The molecule has 2 rings (SSSR count). The van der Waals surface area contributed by atoms with Gasteiger partial charge in [-0.05, 0) is 36.6 Å². The molecule has 2 aromatic rings. The van der Waals surface area contributed by atoms with Crippen molar-refractivity contribution in [1.29, 1.82) is 0 Å². The Labute approximate surface area is 131 Å². The van der Waals surface area contributed by atoms with Crippen molar-refractivity contribution in [3.63, 3.8) is 0 Å². The molecular weight excluding hydrogens is 274 g/mol. The van der Waals surface area contributed by atoms with Crippen molar-refractivity contribution in [2.45, 2.75) is 32.9 Å². The van der Waals surface area contributed by atoms with E-state index in [2.05, 4.69) is 10.3 Å². The van der Waals surface area contributed by atoms with Gasteiger partial charge in [0.25, 0.3) is 0 Å². The predicted octanol–water partition coefficient (Wildman–Crippen LogP) is 2.91. The molecule has 3 unspecified atom stereocenters. The number of nitrogens with two attached hydrogens (primary N) is 1. The van der Waals surface area contributed by atoms with E-state index in [9.17, 15) is 4.79 Å². The minimum atomic E-state index is -0.197. The Morgan fingerprint density at radius 2 is 1.77 bits per heavy atom. The normalized spacial score (nSPS) is 14.9. The number of carbonyl (C=O) groups excluding carboxylic acids is 1. The molecule has 0 bridgehead atoms. The topological polar surface area (TPSA) is 68.0 Å². The van der Waals surface area contributed by atoms with E-state index < -0.39 is 0 Å². The average molecular weight is 297 g/mol. The molecule has 0 aliphatic carbocycles. The van der Waals surface area contributed by atoms with E-state index >= 15 is 0 Å². The van der Waals surface area contributed by atoms with Crippen LogP contribution in [0.25, 0.3) is 11.1 Å². The number of hydrogen-bond acceptors (Lipinski definition) is 3. The Bertz CT molecular complexity index is 608. The predicted molar refractivity (Wildman–Crippen MR) is 89.0 cm³/mol. The summed E-state index contributed by atoms with van der Waals surface area (Å²) in [7, 11) is 0. The standard InChI is InChI=1S/C18H23N3O/c1-12(13(2)19)18(22)21-14(3)15-6-8-16(9-7-15)17-5-4-10-20-11-17/h4-14H,19H2,1-3H3,(H,21,22). The van der Waals surface area contributed by atoms with E-state index in [1.165, 1.54) is 0 Å². The van der Waals surface area contributed by atoms with Crippen molar-refractivity contribution in [2.24, 2.45) is 11.7 Å². The quantitative estimate of drug-likeness (QED) is 0.891. The zero-order valence-corrected chi connectivity index (χ0v) is 13.3. The number of aromatic nitrogens is 1. The van der Waals surface area contributed by atoms with Gasteiger partial charge in [-0.3, -0.25) is 9.78 Å². The zero-order valence-electron chi connectivity index (χ0n) is 13.3. The first kappa shape index (κ1) is 16.2. The van der Waals surface area contributed by atoms with Gasteiger partial charge in [-0.15, -0.1) is 0 Å². The monoisotopic (exact) mass is 297 g/mol. The summed E-state index contributed by atoms with van der Waals surface area (Å²) in [6.45, 7) is 5.67. The molecule has 4 heteroatoms. The Hall–Kier alpha value is -2.20. The number of carbonyl (C=O) groups is 1. The summed E-state index contributed by atoms with van der Waals surface area (Å²) in [6, 6.07) is 11.9. The van der Waals surface area contributed by atoms with E-state index in [1.807, 2.05) is 63.4 Å². The number of nitrogens with zero attached hydrogens (tertiary/aromatic N) is 1. The summed E-state index contributed by atoms with van der Waals surface area (Å²) in [4.78, 5) is 16.2. The fourth-order valence-electron chi connectivity index (χ4n) is 2.16. The molecule has 1 aromatic carbocycles. The number of benzene rings is 1. The third kappa shape index (κ3) is 3.92. The van der Waals surface area contributed by atoms with Crippen LogP contribution in [0.3, 0.4) is 0 Å². The molecule has 1 aromatic heterocycles. The molecule has 22 heavy (non-hydrogen) atoms. The lowest BCUT2D eigenvalue weighted by Gasteiger charge is -2.20. The number of hydrogen-bond donors (Lipinski definition) is 2. The van der Waals surface area contributed by atoms with E-state index in [-0.39, 0.29) is 23.9 Å². The summed E-state index contributed by atoms with van der Waals surface area (Å²) in [5, 5.41) is 3.01. The van der Waals surface area contributed by atoms with Gasteiger partial charge in [0, 0.05) is 24.4 Å². The molecule has 0 aliphatic rings. The minimum absolute atomic E-state index is 0.0150. The van der Waals surface area contributed by atoms with Crippen LogP contribution in [0.2, 0.25) is 0 Å². The van der Waals surface area contributed by atoms with Crippen LogP contribution >= 0.6 is 0 Å². The average Bonchev–Trinajstić information content (AvgIpc) is 2.54. The van der Waals surface area contributed by atoms with E-state index in [1.54, 1.807) is 6.20 Å². The Kier molecular flexibility index (Phi) is 5.28. The van der Waals surface area contributed by atoms with Gasteiger partial charge in [0.2, 0.25) is 5.91 Å². The first-order valence-corrected chi connectivity index (χ1v) is 7.55. The van der Waals surface area contributed by atoms with Crippen LogP contribution in [0, 0.1) is 5.92 Å². The largest absolute Gasteiger partial charge is 0.349 e. The Balaban J connectivity index is 2.05. The van der Waals surface area contributed by atoms with E-state index in [0.29, 0.717) is 0 Å². The number of amides is 1. The second-order valence-electron chi connectivity index (χ2n) is 5.74. The second-order valence-corrected chi connectivity index (χ2v) is 5.74. The van der Waals surface area contributed by atoms with Crippen molar-refractivity contribution in [3.8, 4) is 11.1 Å². The van der Waals surface area contributed by atoms with Gasteiger partial charge in [0.1, 0.15) is 0 Å². The van der Waals surface area contributed by atoms with Crippen LogP contribution in [0.5, 0.6) is 0 Å². The van der Waals surface area contributed by atoms with E-state index in [0.717, 1.165) is 16.7 Å². The maximum Gasteiger partial charge on any atom is 0.224 e. The zero-order chi connectivity index (χ0) is 16.1. The first-order valence-electron chi connectivity index (χ1n) is 7.55. The molecule has 1 heterocycles. The van der Waals surface area contributed by atoms with Crippen LogP contribution < -0.4 is 11.1 Å². The Morgan fingerprint density at radius 1 is 1.09 bits per heavy atom. The highest BCUT2D eigenvalue weighted by Crippen LogP contribution is 2.21. The second kappa shape index (κ2) is 7.18. The van der Waals surface area contributed by atoms with Gasteiger partial charge >= 0.3 is 0 Å². The highest BCUT2D eigenvalue weighted by Gasteiger charge is 2.19. The fourth-order valence-corrected chi connectivity index (χ4v) is 2.16. The molecule has 3 atom stereocenters. The lowest BCUT2D eigenvalue weighted by atomic mass is 10.0. The van der Waals surface area contributed by atoms with Gasteiger partial charge in [0.15, 0.2) is 0 Å². The molecule has 4 nitrogen and oxygen atoms in total. The summed E-state index contributed by atoms with van der Waals surface area (Å²) in [6.07, 6.45) is 3.60. The van der Waals surface area contributed by atoms with Crippen molar-refractivity contribution < 1.29 is 4.79 Å². The molecule has 3 N–H and O–H groups in total. The molecule has 0 saturated carbocycles. The molecule has 0 aliphatic heterocycles. The maximum absolute atomic E-state index is 12.1. The highest BCUT2D eigenvalue weighted by atomic mass is 16.1. The molecule has 1 amide bonds. The van der Waals surface area contributed by atoms with Gasteiger partial charge in [-0.1, -0.05) is 37.3 Å². The van der Waals surface area contributed by atoms with Crippen LogP contribution in [0.15, 0.2) is 48.8 Å². The Morgan fingerprint density at radius 3 is 2.32 bits per heavy atom. The summed E-state index contributed by atoms with van der Waals surface area (Å²) in [5.74, 6) is -0.212. The lowest BCUT2D eigenvalue weighted by Crippen LogP contribution is -2.39. The molecular formula is C18H23N3O. The minimum Gasteiger partial charge on any atom is -0.349 e.